The summed E-state index contributed by atoms with van der Waals surface area (Å²) in [4.78, 5) is 33.9. The Hall–Kier alpha value is -2.97. The van der Waals surface area contributed by atoms with Gasteiger partial charge in [0.15, 0.2) is 0 Å². The molecule has 0 saturated carbocycles. The summed E-state index contributed by atoms with van der Waals surface area (Å²) in [5.41, 5.74) is 1.43. The van der Waals surface area contributed by atoms with Crippen LogP contribution in [0.5, 0.6) is 0 Å². The summed E-state index contributed by atoms with van der Waals surface area (Å²) in [6.07, 6.45) is 7.20. The number of ether oxygens (including phenoxy) is 1. The summed E-state index contributed by atoms with van der Waals surface area (Å²) >= 11 is 0. The van der Waals surface area contributed by atoms with E-state index in [1.807, 2.05) is 18.2 Å². The molecule has 6 rings (SSSR count). The topological polar surface area (TPSA) is 65.1 Å². The molecule has 3 amide bonds. The molecule has 0 aliphatic carbocycles. The van der Waals surface area contributed by atoms with Gasteiger partial charge in [-0.1, -0.05) is 30.3 Å². The molecule has 1 spiro atoms. The van der Waals surface area contributed by atoms with Crippen molar-refractivity contribution in [3.05, 3.63) is 71.5 Å². The highest BCUT2D eigenvalue weighted by Crippen LogP contribution is 2.48. The molecular formula is C34H45FN4O3. The van der Waals surface area contributed by atoms with E-state index in [1.54, 1.807) is 0 Å². The molecule has 226 valence electrons. The second kappa shape index (κ2) is 12.3. The number of fused-ring (bicyclic) bond motifs is 2. The maximum absolute atomic E-state index is 13.8. The predicted octanol–water partition coefficient (Wildman–Crippen LogP) is 5.63. The Kier molecular flexibility index (Phi) is 8.55. The van der Waals surface area contributed by atoms with E-state index in [1.165, 1.54) is 24.3 Å². The van der Waals surface area contributed by atoms with Gasteiger partial charge in [-0.2, -0.15) is 0 Å². The van der Waals surface area contributed by atoms with Gasteiger partial charge in [0, 0.05) is 56.5 Å². The molecule has 8 heteroatoms. The molecule has 42 heavy (non-hydrogen) atoms. The molecule has 4 aliphatic heterocycles. The Morgan fingerprint density at radius 3 is 2.31 bits per heavy atom. The van der Waals surface area contributed by atoms with E-state index in [0.717, 1.165) is 83.4 Å². The molecule has 0 aromatic heterocycles. The van der Waals surface area contributed by atoms with Gasteiger partial charge in [-0.25, -0.2) is 9.18 Å². The van der Waals surface area contributed by atoms with Gasteiger partial charge < -0.3 is 19.9 Å². The van der Waals surface area contributed by atoms with Crippen LogP contribution in [0.1, 0.15) is 80.8 Å². The molecule has 2 aromatic rings. The largest absolute Gasteiger partial charge is 0.381 e. The number of nitrogens with zero attached hydrogens (tertiary/aromatic N) is 3. The lowest BCUT2D eigenvalue weighted by atomic mass is 9.81. The third kappa shape index (κ3) is 5.93. The van der Waals surface area contributed by atoms with Crippen LogP contribution in [0.3, 0.4) is 0 Å². The number of hydrogen-bond acceptors (Lipinski definition) is 4. The zero-order valence-electron chi connectivity index (χ0n) is 25.0. The number of piperidine rings is 1. The van der Waals surface area contributed by atoms with Crippen LogP contribution in [0, 0.1) is 11.7 Å². The zero-order chi connectivity index (χ0) is 29.3. The summed E-state index contributed by atoms with van der Waals surface area (Å²) in [6, 6.07) is 17.0. The molecule has 3 atom stereocenters. The number of halogens is 1. The molecule has 1 N–H and O–H groups in total. The summed E-state index contributed by atoms with van der Waals surface area (Å²) in [6.45, 7) is 8.51. The van der Waals surface area contributed by atoms with Gasteiger partial charge in [-0.05, 0) is 94.5 Å². The van der Waals surface area contributed by atoms with Crippen LogP contribution in [0.4, 0.5) is 9.18 Å². The maximum Gasteiger partial charge on any atom is 0.320 e. The number of carbonyl (C=O) groups excluding carboxylic acids is 2. The standard InChI is InChI=1S/C34H45FN4O3/c1-24(2)39-33(41)37(22-25-15-18-42-19-16-25)23-34(39)20-29-12-13-30(21-34)38(29)17-14-31(26-6-4-3-5-7-26)36-32(40)27-8-10-28(35)11-9-27/h3-11,24-25,29-31H,12-23H2,1-2H3,(H,36,40)/t29?,30?,31-,34?/m0/s1. The normalized spacial score (nSPS) is 27.3. The van der Waals surface area contributed by atoms with Crippen molar-refractivity contribution in [2.45, 2.75) is 88.5 Å². The van der Waals surface area contributed by atoms with Crippen molar-refractivity contribution in [1.82, 2.24) is 20.0 Å². The lowest BCUT2D eigenvalue weighted by Crippen LogP contribution is -2.60. The molecular weight excluding hydrogens is 531 g/mol. The van der Waals surface area contributed by atoms with Crippen LogP contribution < -0.4 is 5.32 Å². The minimum absolute atomic E-state index is 0.103. The Bertz CT molecular complexity index is 1220. The average molecular weight is 577 g/mol. The highest BCUT2D eigenvalue weighted by Gasteiger charge is 2.57. The molecule has 4 aliphatic rings. The highest BCUT2D eigenvalue weighted by molar-refractivity contribution is 5.94. The van der Waals surface area contributed by atoms with Crippen molar-refractivity contribution in [3.63, 3.8) is 0 Å². The summed E-state index contributed by atoms with van der Waals surface area (Å²) in [5, 5.41) is 3.22. The monoisotopic (exact) mass is 576 g/mol. The fraction of sp³-hybridized carbons (Fsp3) is 0.588. The Labute approximate surface area is 249 Å². The Morgan fingerprint density at radius 1 is 1.00 bits per heavy atom. The van der Waals surface area contributed by atoms with Gasteiger partial charge in [-0.15, -0.1) is 0 Å². The van der Waals surface area contributed by atoms with Gasteiger partial charge in [0.2, 0.25) is 0 Å². The Balaban J connectivity index is 1.14. The van der Waals surface area contributed by atoms with Crippen molar-refractivity contribution in [2.24, 2.45) is 5.92 Å². The van der Waals surface area contributed by atoms with Gasteiger partial charge in [0.25, 0.3) is 5.91 Å². The summed E-state index contributed by atoms with van der Waals surface area (Å²) in [7, 11) is 0. The fourth-order valence-electron chi connectivity index (χ4n) is 8.24. The summed E-state index contributed by atoms with van der Waals surface area (Å²) in [5.74, 6) is -0.00833. The van der Waals surface area contributed by atoms with E-state index in [9.17, 15) is 14.0 Å². The van der Waals surface area contributed by atoms with Crippen molar-refractivity contribution >= 4 is 11.9 Å². The lowest BCUT2D eigenvalue weighted by Gasteiger charge is -2.49. The van der Waals surface area contributed by atoms with E-state index in [2.05, 4.69) is 46.0 Å². The second-order valence-electron chi connectivity index (χ2n) is 13.2. The molecule has 2 unspecified atom stereocenters. The van der Waals surface area contributed by atoms with Crippen molar-refractivity contribution in [2.75, 3.05) is 32.8 Å². The van der Waals surface area contributed by atoms with E-state index in [4.69, 9.17) is 4.74 Å². The van der Waals surface area contributed by atoms with E-state index in [-0.39, 0.29) is 35.4 Å². The number of carbonyl (C=O) groups is 2. The van der Waals surface area contributed by atoms with E-state index < -0.39 is 0 Å². The zero-order valence-corrected chi connectivity index (χ0v) is 25.0. The van der Waals surface area contributed by atoms with Gasteiger partial charge >= 0.3 is 6.03 Å². The molecule has 4 heterocycles. The molecule has 4 saturated heterocycles. The number of amides is 3. The van der Waals surface area contributed by atoms with E-state index >= 15 is 0 Å². The average Bonchev–Trinajstić information content (AvgIpc) is 3.40. The van der Waals surface area contributed by atoms with Gasteiger partial charge in [-0.3, -0.25) is 9.69 Å². The Morgan fingerprint density at radius 2 is 1.67 bits per heavy atom. The number of rotatable bonds is 9. The first-order chi connectivity index (χ1) is 20.3. The first kappa shape index (κ1) is 29.1. The highest BCUT2D eigenvalue weighted by atomic mass is 19.1. The first-order valence-electron chi connectivity index (χ1n) is 15.9. The molecule has 2 bridgehead atoms. The third-order valence-electron chi connectivity index (χ3n) is 10.1. The minimum atomic E-state index is -0.351. The fourth-order valence-corrected chi connectivity index (χ4v) is 8.24. The lowest BCUT2D eigenvalue weighted by molar-refractivity contribution is 0.0145. The maximum atomic E-state index is 13.8. The molecule has 4 fully saturated rings. The van der Waals surface area contributed by atoms with Gasteiger partial charge in [0.05, 0.1) is 11.6 Å². The SMILES string of the molecule is CC(C)N1C(=O)N(CC2CCOCC2)CC12CC1CCC(C2)N1CC[C@H](NC(=O)c1ccc(F)cc1)c1ccccc1. The predicted molar refractivity (Wildman–Crippen MR) is 161 cm³/mol. The summed E-state index contributed by atoms with van der Waals surface area (Å²) < 4.78 is 19.0. The van der Waals surface area contributed by atoms with Crippen LogP contribution in [-0.2, 0) is 4.74 Å². The van der Waals surface area contributed by atoms with Crippen molar-refractivity contribution in [1.29, 1.82) is 0 Å². The smallest absolute Gasteiger partial charge is 0.320 e. The molecule has 0 radical (unpaired) electrons. The number of nitrogens with one attached hydrogen (secondary N) is 1. The van der Waals surface area contributed by atoms with E-state index in [0.29, 0.717) is 23.6 Å². The molecule has 2 aromatic carbocycles. The number of urea groups is 1. The van der Waals surface area contributed by atoms with Crippen molar-refractivity contribution in [3.8, 4) is 0 Å². The number of hydrogen-bond donors (Lipinski definition) is 1. The third-order valence-corrected chi connectivity index (χ3v) is 10.1. The van der Waals surface area contributed by atoms with Crippen LogP contribution in [0.2, 0.25) is 0 Å². The van der Waals surface area contributed by atoms with Crippen LogP contribution in [0.25, 0.3) is 0 Å². The quantitative estimate of drug-likeness (QED) is 0.421. The minimum Gasteiger partial charge on any atom is -0.381 e. The van der Waals surface area contributed by atoms with Crippen molar-refractivity contribution < 1.29 is 18.7 Å². The van der Waals surface area contributed by atoms with Crippen LogP contribution in [-0.4, -0.2) is 83.2 Å². The van der Waals surface area contributed by atoms with Crippen LogP contribution >= 0.6 is 0 Å². The van der Waals surface area contributed by atoms with Crippen LogP contribution in [0.15, 0.2) is 54.6 Å². The molecule has 7 nitrogen and oxygen atoms in total. The van der Waals surface area contributed by atoms with Gasteiger partial charge in [0.1, 0.15) is 5.82 Å². The first-order valence-corrected chi connectivity index (χ1v) is 15.9. The number of benzene rings is 2. The second-order valence-corrected chi connectivity index (χ2v) is 13.2.